The van der Waals surface area contributed by atoms with Gasteiger partial charge in [0, 0.05) is 45.0 Å². The Bertz CT molecular complexity index is 1030. The number of aromatic amines is 1. The molecule has 1 aliphatic rings. The summed E-state index contributed by atoms with van der Waals surface area (Å²) in [7, 11) is -3.62. The van der Waals surface area contributed by atoms with Crippen molar-refractivity contribution in [2.24, 2.45) is 11.5 Å². The van der Waals surface area contributed by atoms with Crippen LogP contribution in [0.1, 0.15) is 90.2 Å². The second-order valence-corrected chi connectivity index (χ2v) is 13.5. The first-order valence-electron chi connectivity index (χ1n) is 16.1. The highest BCUT2D eigenvalue weighted by molar-refractivity contribution is 7.53. The van der Waals surface area contributed by atoms with Crippen molar-refractivity contribution in [3.8, 4) is 0 Å². The lowest BCUT2D eigenvalue weighted by Crippen LogP contribution is -2.37. The molecule has 1 aromatic heterocycles. The monoisotopic (exact) mass is 633 g/mol. The fraction of sp³-hybridized carbons (Fsp3) is 0.862. The van der Waals surface area contributed by atoms with E-state index in [0.717, 1.165) is 29.9 Å². The Balaban J connectivity index is 1.85. The van der Waals surface area contributed by atoms with Gasteiger partial charge in [-0.3, -0.25) is 18.9 Å². The van der Waals surface area contributed by atoms with E-state index in [9.17, 15) is 24.4 Å². The van der Waals surface area contributed by atoms with Crippen LogP contribution >= 0.6 is 7.60 Å². The number of aliphatic hydroxyl groups excluding tert-OH is 2. The lowest BCUT2D eigenvalue weighted by molar-refractivity contribution is -0.0531. The molecule has 0 spiro atoms. The van der Waals surface area contributed by atoms with Gasteiger partial charge in [-0.25, -0.2) is 4.79 Å². The normalized spacial score (nSPS) is 21.9. The largest absolute Gasteiger partial charge is 0.387 e. The van der Waals surface area contributed by atoms with Crippen LogP contribution in [0.25, 0.3) is 0 Å². The number of rotatable bonds is 25. The Morgan fingerprint density at radius 1 is 0.907 bits per heavy atom. The molecule has 1 aliphatic heterocycles. The number of nitrogens with two attached hydrogens (primary N) is 2. The van der Waals surface area contributed by atoms with E-state index in [0.29, 0.717) is 32.7 Å². The van der Waals surface area contributed by atoms with Crippen molar-refractivity contribution in [1.29, 1.82) is 0 Å². The summed E-state index contributed by atoms with van der Waals surface area (Å²) in [5.74, 6) is 0. The number of aliphatic hydroxyl groups is 2. The molecule has 0 saturated carbocycles. The van der Waals surface area contributed by atoms with E-state index in [1.54, 1.807) is 0 Å². The first-order chi connectivity index (χ1) is 20.7. The van der Waals surface area contributed by atoms with E-state index in [-0.39, 0.29) is 19.4 Å². The van der Waals surface area contributed by atoms with E-state index in [1.165, 1.54) is 64.0 Å². The van der Waals surface area contributed by atoms with Crippen LogP contribution in [0.5, 0.6) is 0 Å². The van der Waals surface area contributed by atoms with Crippen LogP contribution in [-0.2, 0) is 18.3 Å². The van der Waals surface area contributed by atoms with Crippen molar-refractivity contribution >= 4 is 7.60 Å². The van der Waals surface area contributed by atoms with Gasteiger partial charge in [0.15, 0.2) is 6.23 Å². The van der Waals surface area contributed by atoms with Crippen LogP contribution in [0.15, 0.2) is 21.9 Å². The van der Waals surface area contributed by atoms with Gasteiger partial charge in [0.25, 0.3) is 5.56 Å². The van der Waals surface area contributed by atoms with Crippen molar-refractivity contribution in [3.63, 3.8) is 0 Å². The molecule has 0 radical (unpaired) electrons. The molecular formula is C29H56N5O8P. The van der Waals surface area contributed by atoms with Crippen LogP contribution in [0.3, 0.4) is 0 Å². The number of hydrogen-bond acceptors (Lipinski definition) is 11. The predicted molar refractivity (Wildman–Crippen MR) is 167 cm³/mol. The number of ether oxygens (including phenoxy) is 1. The third-order valence-electron chi connectivity index (χ3n) is 7.76. The predicted octanol–water partition coefficient (Wildman–Crippen LogP) is 2.30. The maximum Gasteiger partial charge on any atom is 0.332 e. The van der Waals surface area contributed by atoms with Crippen LogP contribution in [0.4, 0.5) is 0 Å². The van der Waals surface area contributed by atoms with E-state index in [1.807, 2.05) is 4.90 Å². The van der Waals surface area contributed by atoms with Gasteiger partial charge in [-0.15, -0.1) is 0 Å². The molecule has 250 valence electrons. The Hall–Kier alpha value is -1.41. The minimum absolute atomic E-state index is 0.0967. The standard InChI is InChI=1S/C29H56N5O8P/c1-2-3-4-5-6-7-8-9-10-11-12-13-21-40-43(39,22-20-33(18-15-30)19-16-31)41-23-24-26(36)27(37)28(42-24)34-17-14-25(35)32-29(34)38/h14,17,24,26-28,36-37H,2-13,15-16,18-23,30-31H2,1H3,(H,32,35,38)/t24-,26-,27-,28-,43?/m1/s1. The molecule has 7 N–H and O–H groups in total. The topological polar surface area (TPSA) is 195 Å². The van der Waals surface area contributed by atoms with Gasteiger partial charge in [0.05, 0.1) is 19.4 Å². The quantitative estimate of drug-likeness (QED) is 0.0783. The Kier molecular flexibility index (Phi) is 18.8. The SMILES string of the molecule is CCCCCCCCCCCCCCOP(=O)(CCN(CCN)CCN)OC[C@H]1O[C@@H](n2ccc(=O)[nH]c2=O)[C@H](O)[C@@H]1O. The summed E-state index contributed by atoms with van der Waals surface area (Å²) in [6.45, 7) is 4.61. The van der Waals surface area contributed by atoms with Gasteiger partial charge in [-0.1, -0.05) is 77.6 Å². The number of nitrogens with one attached hydrogen (secondary N) is 1. The number of unbranched alkanes of at least 4 members (excludes halogenated alkanes) is 11. The number of nitrogens with zero attached hydrogens (tertiary/aromatic N) is 2. The average Bonchev–Trinajstić information content (AvgIpc) is 3.26. The summed E-state index contributed by atoms with van der Waals surface area (Å²) in [5, 5.41) is 21.1. The molecule has 1 fully saturated rings. The third kappa shape index (κ3) is 14.1. The third-order valence-corrected chi connectivity index (χ3v) is 9.63. The van der Waals surface area contributed by atoms with Crippen LogP contribution in [-0.4, -0.2) is 95.1 Å². The fourth-order valence-electron chi connectivity index (χ4n) is 5.19. The Morgan fingerprint density at radius 3 is 2.05 bits per heavy atom. The highest BCUT2D eigenvalue weighted by Gasteiger charge is 2.45. The second kappa shape index (κ2) is 21.3. The van der Waals surface area contributed by atoms with Crippen molar-refractivity contribution in [2.45, 2.75) is 109 Å². The molecule has 2 rings (SSSR count). The van der Waals surface area contributed by atoms with Crippen molar-refractivity contribution < 1.29 is 28.6 Å². The molecule has 0 aromatic carbocycles. The van der Waals surface area contributed by atoms with Crippen LogP contribution < -0.4 is 22.7 Å². The van der Waals surface area contributed by atoms with E-state index >= 15 is 0 Å². The van der Waals surface area contributed by atoms with Crippen LogP contribution in [0, 0.1) is 0 Å². The molecule has 1 unspecified atom stereocenters. The summed E-state index contributed by atoms with van der Waals surface area (Å²) in [4.78, 5) is 27.7. The summed E-state index contributed by atoms with van der Waals surface area (Å²) in [6, 6.07) is 1.11. The maximum atomic E-state index is 13.8. The van der Waals surface area contributed by atoms with Crippen molar-refractivity contribution in [2.75, 3.05) is 52.1 Å². The molecule has 13 nitrogen and oxygen atoms in total. The first-order valence-corrected chi connectivity index (χ1v) is 17.8. The number of hydrogen-bond donors (Lipinski definition) is 5. The lowest BCUT2D eigenvalue weighted by atomic mass is 10.1. The van der Waals surface area contributed by atoms with Gasteiger partial charge in [0.1, 0.15) is 18.3 Å². The molecule has 1 aromatic rings. The first kappa shape index (κ1) is 37.8. The average molecular weight is 634 g/mol. The zero-order valence-corrected chi connectivity index (χ0v) is 26.8. The highest BCUT2D eigenvalue weighted by Crippen LogP contribution is 2.49. The van der Waals surface area contributed by atoms with E-state index in [4.69, 9.17) is 25.3 Å². The van der Waals surface area contributed by atoms with Crippen molar-refractivity contribution in [1.82, 2.24) is 14.5 Å². The smallest absolute Gasteiger partial charge is 0.332 e. The minimum Gasteiger partial charge on any atom is -0.387 e. The van der Waals surface area contributed by atoms with Gasteiger partial charge < -0.3 is 40.4 Å². The molecule has 43 heavy (non-hydrogen) atoms. The van der Waals surface area contributed by atoms with Gasteiger partial charge in [0.2, 0.25) is 0 Å². The number of H-pyrrole nitrogens is 1. The maximum absolute atomic E-state index is 13.8. The Morgan fingerprint density at radius 2 is 1.49 bits per heavy atom. The van der Waals surface area contributed by atoms with Crippen molar-refractivity contribution in [3.05, 3.63) is 33.1 Å². The molecule has 1 saturated heterocycles. The summed E-state index contributed by atoms with van der Waals surface area (Å²) < 4.78 is 32.1. The van der Waals surface area contributed by atoms with E-state index in [2.05, 4.69) is 11.9 Å². The molecule has 14 heteroatoms. The van der Waals surface area contributed by atoms with Gasteiger partial charge >= 0.3 is 13.3 Å². The van der Waals surface area contributed by atoms with E-state index < -0.39 is 43.4 Å². The summed E-state index contributed by atoms with van der Waals surface area (Å²) in [5.41, 5.74) is 10.0. The minimum atomic E-state index is -3.62. The molecule has 0 bridgehead atoms. The van der Waals surface area contributed by atoms with Crippen LogP contribution in [0.2, 0.25) is 0 Å². The fourth-order valence-corrected chi connectivity index (χ4v) is 6.83. The lowest BCUT2D eigenvalue weighted by Gasteiger charge is -2.25. The zero-order valence-electron chi connectivity index (χ0n) is 25.9. The number of aromatic nitrogens is 2. The molecular weight excluding hydrogens is 577 g/mol. The molecule has 0 aliphatic carbocycles. The molecule has 0 amide bonds. The highest BCUT2D eigenvalue weighted by atomic mass is 31.2. The molecule has 2 heterocycles. The summed E-state index contributed by atoms with van der Waals surface area (Å²) >= 11 is 0. The summed E-state index contributed by atoms with van der Waals surface area (Å²) in [6.07, 6.45) is 10.5. The molecule has 5 atom stereocenters. The second-order valence-electron chi connectivity index (χ2n) is 11.3. The van der Waals surface area contributed by atoms with Gasteiger partial charge in [-0.2, -0.15) is 0 Å². The van der Waals surface area contributed by atoms with Gasteiger partial charge in [-0.05, 0) is 6.42 Å². The zero-order chi connectivity index (χ0) is 31.5. The Labute approximate surface area is 255 Å².